The van der Waals surface area contributed by atoms with Gasteiger partial charge >= 0.3 is 5.51 Å². The second-order valence-electron chi connectivity index (χ2n) is 4.76. The van der Waals surface area contributed by atoms with Crippen molar-refractivity contribution in [3.05, 3.63) is 35.9 Å². The van der Waals surface area contributed by atoms with Crippen LogP contribution in [-0.4, -0.2) is 34.8 Å². The molecule has 1 amide bonds. The number of nitrogens with one attached hydrogen (secondary N) is 1. The number of hydrogen-bond acceptors (Lipinski definition) is 3. The van der Waals surface area contributed by atoms with Crippen molar-refractivity contribution in [2.24, 2.45) is 0 Å². The fraction of sp³-hybridized carbons (Fsp3) is 0.500. The van der Waals surface area contributed by atoms with E-state index in [-0.39, 0.29) is 36.1 Å². The minimum atomic E-state index is -4.25. The standard InChI is InChI=1S/C14H17F3N2OS/c1-2-11-18-12(10-6-4-3-5-7-10)13(20)19(11)8-9-21-14(15,16)17/h3-7,11-12,18H,2,8-9H2,1H3. The average molecular weight is 318 g/mol. The van der Waals surface area contributed by atoms with Gasteiger partial charge in [-0.05, 0) is 23.7 Å². The summed E-state index contributed by atoms with van der Waals surface area (Å²) in [5.41, 5.74) is -3.41. The maximum absolute atomic E-state index is 12.4. The van der Waals surface area contributed by atoms with Crippen LogP contribution in [0.2, 0.25) is 0 Å². The molecule has 1 aromatic carbocycles. The number of benzene rings is 1. The van der Waals surface area contributed by atoms with Crippen LogP contribution in [0.25, 0.3) is 0 Å². The summed E-state index contributed by atoms with van der Waals surface area (Å²) in [6.45, 7) is 2.00. The number of hydrogen-bond donors (Lipinski definition) is 1. The lowest BCUT2D eigenvalue weighted by molar-refractivity contribution is -0.129. The molecule has 0 aliphatic carbocycles. The monoisotopic (exact) mass is 318 g/mol. The highest BCUT2D eigenvalue weighted by Gasteiger charge is 2.39. The van der Waals surface area contributed by atoms with Crippen molar-refractivity contribution in [1.82, 2.24) is 10.2 Å². The molecule has 1 aliphatic heterocycles. The van der Waals surface area contributed by atoms with Gasteiger partial charge in [0.15, 0.2) is 0 Å². The zero-order valence-corrected chi connectivity index (χ0v) is 12.4. The Morgan fingerprint density at radius 1 is 1.29 bits per heavy atom. The summed E-state index contributed by atoms with van der Waals surface area (Å²) in [4.78, 5) is 13.9. The van der Waals surface area contributed by atoms with E-state index >= 15 is 0 Å². The summed E-state index contributed by atoms with van der Waals surface area (Å²) in [5.74, 6) is -0.301. The van der Waals surface area contributed by atoms with Gasteiger partial charge in [-0.2, -0.15) is 13.2 Å². The van der Waals surface area contributed by atoms with Crippen molar-refractivity contribution >= 4 is 17.7 Å². The lowest BCUT2D eigenvalue weighted by Crippen LogP contribution is -2.38. The third-order valence-corrected chi connectivity index (χ3v) is 4.10. The molecule has 1 aromatic rings. The topological polar surface area (TPSA) is 32.3 Å². The predicted molar refractivity (Wildman–Crippen MR) is 76.6 cm³/mol. The van der Waals surface area contributed by atoms with Gasteiger partial charge in [0.05, 0.1) is 6.17 Å². The van der Waals surface area contributed by atoms with Gasteiger partial charge in [-0.3, -0.25) is 10.1 Å². The number of nitrogens with zero attached hydrogens (tertiary/aromatic N) is 1. The molecule has 1 saturated heterocycles. The second-order valence-corrected chi connectivity index (χ2v) is 5.92. The maximum atomic E-state index is 12.4. The first-order valence-electron chi connectivity index (χ1n) is 6.74. The Bertz CT molecular complexity index is 481. The Morgan fingerprint density at radius 2 is 1.95 bits per heavy atom. The lowest BCUT2D eigenvalue weighted by Gasteiger charge is -2.22. The van der Waals surface area contributed by atoms with Crippen molar-refractivity contribution in [2.75, 3.05) is 12.3 Å². The molecule has 0 radical (unpaired) electrons. The molecule has 0 aromatic heterocycles. The SMILES string of the molecule is CCC1NC(c2ccccc2)C(=O)N1CCSC(F)(F)F. The first kappa shape index (κ1) is 16.2. The molecule has 116 valence electrons. The first-order chi connectivity index (χ1) is 9.92. The van der Waals surface area contributed by atoms with Crippen LogP contribution in [0.4, 0.5) is 13.2 Å². The van der Waals surface area contributed by atoms with Crippen LogP contribution in [0.3, 0.4) is 0 Å². The Morgan fingerprint density at radius 3 is 2.52 bits per heavy atom. The number of halogens is 3. The normalized spacial score (nSPS) is 22.9. The summed E-state index contributed by atoms with van der Waals surface area (Å²) in [6.07, 6.45) is 0.447. The van der Waals surface area contributed by atoms with E-state index in [1.54, 1.807) is 0 Å². The van der Waals surface area contributed by atoms with Crippen LogP contribution in [0.5, 0.6) is 0 Å². The molecule has 7 heteroatoms. The second kappa shape index (κ2) is 6.70. The van der Waals surface area contributed by atoms with E-state index in [4.69, 9.17) is 0 Å². The minimum absolute atomic E-state index is 0.0896. The van der Waals surface area contributed by atoms with Crippen molar-refractivity contribution < 1.29 is 18.0 Å². The van der Waals surface area contributed by atoms with E-state index in [0.29, 0.717) is 6.42 Å². The molecule has 1 heterocycles. The highest BCUT2D eigenvalue weighted by Crippen LogP contribution is 2.31. The van der Waals surface area contributed by atoms with Gasteiger partial charge in [0.25, 0.3) is 0 Å². The van der Waals surface area contributed by atoms with Crippen molar-refractivity contribution in [3.63, 3.8) is 0 Å². The Balaban J connectivity index is 2.02. The van der Waals surface area contributed by atoms with E-state index < -0.39 is 11.6 Å². The molecule has 2 atom stereocenters. The predicted octanol–water partition coefficient (Wildman–Crippen LogP) is 3.15. The van der Waals surface area contributed by atoms with E-state index in [1.165, 1.54) is 4.90 Å². The zero-order valence-electron chi connectivity index (χ0n) is 11.6. The Hall–Kier alpha value is -1.21. The van der Waals surface area contributed by atoms with Crippen molar-refractivity contribution in [2.45, 2.75) is 31.1 Å². The first-order valence-corrected chi connectivity index (χ1v) is 7.73. The largest absolute Gasteiger partial charge is 0.441 e. The number of amides is 1. The molecular formula is C14H17F3N2OS. The molecule has 2 unspecified atom stereocenters. The number of carbonyl (C=O) groups is 1. The number of rotatable bonds is 5. The van der Waals surface area contributed by atoms with Gasteiger partial charge in [0.1, 0.15) is 6.04 Å². The zero-order chi connectivity index (χ0) is 15.5. The summed E-state index contributed by atoms with van der Waals surface area (Å²) in [6, 6.07) is 8.76. The van der Waals surface area contributed by atoms with Gasteiger partial charge in [-0.1, -0.05) is 37.3 Å². The van der Waals surface area contributed by atoms with Gasteiger partial charge < -0.3 is 4.90 Å². The van der Waals surface area contributed by atoms with Crippen LogP contribution in [0.1, 0.15) is 24.9 Å². The molecule has 3 nitrogen and oxygen atoms in total. The minimum Gasteiger partial charge on any atom is -0.325 e. The Labute approximate surface area is 125 Å². The summed E-state index contributed by atoms with van der Waals surface area (Å²) in [7, 11) is 0. The smallest absolute Gasteiger partial charge is 0.325 e. The van der Waals surface area contributed by atoms with E-state index in [2.05, 4.69) is 5.32 Å². The van der Waals surface area contributed by atoms with E-state index in [0.717, 1.165) is 5.56 Å². The fourth-order valence-electron chi connectivity index (χ4n) is 2.42. The molecule has 21 heavy (non-hydrogen) atoms. The van der Waals surface area contributed by atoms with Gasteiger partial charge in [-0.15, -0.1) is 0 Å². The number of carbonyl (C=O) groups excluding carboxylic acids is 1. The van der Waals surface area contributed by atoms with Crippen LogP contribution < -0.4 is 5.32 Å². The third-order valence-electron chi connectivity index (χ3n) is 3.38. The molecule has 2 rings (SSSR count). The molecule has 0 bridgehead atoms. The fourth-order valence-corrected chi connectivity index (χ4v) is 2.94. The van der Waals surface area contributed by atoms with Crippen molar-refractivity contribution in [3.8, 4) is 0 Å². The number of alkyl halides is 3. The van der Waals surface area contributed by atoms with Crippen molar-refractivity contribution in [1.29, 1.82) is 0 Å². The van der Waals surface area contributed by atoms with E-state index in [1.807, 2.05) is 37.3 Å². The van der Waals surface area contributed by atoms with Gasteiger partial charge in [0, 0.05) is 12.3 Å². The van der Waals surface area contributed by atoms with Crippen LogP contribution in [-0.2, 0) is 4.79 Å². The summed E-state index contributed by atoms with van der Waals surface area (Å²) >= 11 is -0.0896. The van der Waals surface area contributed by atoms with Crippen LogP contribution in [0, 0.1) is 0 Å². The van der Waals surface area contributed by atoms with Gasteiger partial charge in [0.2, 0.25) is 5.91 Å². The highest BCUT2D eigenvalue weighted by atomic mass is 32.2. The van der Waals surface area contributed by atoms with E-state index in [9.17, 15) is 18.0 Å². The quantitative estimate of drug-likeness (QED) is 0.905. The number of thioether (sulfide) groups is 1. The molecule has 1 N–H and O–H groups in total. The lowest BCUT2D eigenvalue weighted by atomic mass is 10.1. The summed E-state index contributed by atoms with van der Waals surface area (Å²) in [5, 5.41) is 3.19. The molecule has 1 aliphatic rings. The Kier molecular flexibility index (Phi) is 5.16. The van der Waals surface area contributed by atoms with Gasteiger partial charge in [-0.25, -0.2) is 0 Å². The molecule has 0 spiro atoms. The highest BCUT2D eigenvalue weighted by molar-refractivity contribution is 8.00. The molecular weight excluding hydrogens is 301 g/mol. The maximum Gasteiger partial charge on any atom is 0.441 e. The van der Waals surface area contributed by atoms with Crippen LogP contribution in [0.15, 0.2) is 30.3 Å². The summed E-state index contributed by atoms with van der Waals surface area (Å²) < 4.78 is 36.6. The molecule has 0 saturated carbocycles. The van der Waals surface area contributed by atoms with Crippen LogP contribution >= 0.6 is 11.8 Å². The average Bonchev–Trinajstić information content (AvgIpc) is 2.75. The molecule has 1 fully saturated rings. The third kappa shape index (κ3) is 4.14.